The minimum atomic E-state index is 0.120. The highest BCUT2D eigenvalue weighted by molar-refractivity contribution is 5.80. The molecule has 0 atom stereocenters. The second-order valence-corrected chi connectivity index (χ2v) is 7.86. The lowest BCUT2D eigenvalue weighted by atomic mass is 10.1. The Hall–Kier alpha value is -3.85. The number of aromatic nitrogens is 5. The molecular formula is C23H23N7O2. The van der Waals surface area contributed by atoms with E-state index in [1.165, 1.54) is 0 Å². The molecule has 1 aliphatic rings. The molecule has 0 radical (unpaired) electrons. The number of hydrogen-bond acceptors (Lipinski definition) is 7. The minimum Gasteiger partial charge on any atom is -0.396 e. The van der Waals surface area contributed by atoms with E-state index in [1.807, 2.05) is 48.5 Å². The van der Waals surface area contributed by atoms with Crippen LogP contribution >= 0.6 is 0 Å². The summed E-state index contributed by atoms with van der Waals surface area (Å²) in [7, 11) is 0. The highest BCUT2D eigenvalue weighted by atomic mass is 16.3. The van der Waals surface area contributed by atoms with Crippen LogP contribution in [0.1, 0.15) is 24.0 Å². The summed E-state index contributed by atoms with van der Waals surface area (Å²) in [4.78, 5) is 20.9. The fourth-order valence-electron chi connectivity index (χ4n) is 3.45. The van der Waals surface area contributed by atoms with Gasteiger partial charge in [0, 0.05) is 24.8 Å². The van der Waals surface area contributed by atoms with Crippen LogP contribution in [-0.4, -0.2) is 42.6 Å². The van der Waals surface area contributed by atoms with E-state index in [1.54, 1.807) is 10.9 Å². The van der Waals surface area contributed by atoms with Crippen molar-refractivity contribution in [2.75, 3.05) is 11.9 Å². The summed E-state index contributed by atoms with van der Waals surface area (Å²) in [5.41, 5.74) is 4.86. The smallest absolute Gasteiger partial charge is 0.229 e. The zero-order valence-corrected chi connectivity index (χ0v) is 17.4. The number of carbonyl (C=O) groups excluding carboxylic acids is 1. The van der Waals surface area contributed by atoms with Crippen LogP contribution in [0.2, 0.25) is 0 Å². The molecule has 9 heteroatoms. The SMILES string of the molecule is O=C(NCc1cccc(-n2nnc3cnc(Nc4ccc(CCO)cc4)nc32)c1)C1CC1. The van der Waals surface area contributed by atoms with Gasteiger partial charge in [-0.15, -0.1) is 5.10 Å². The molecule has 2 aromatic carbocycles. The maximum Gasteiger partial charge on any atom is 0.229 e. The van der Waals surface area contributed by atoms with Gasteiger partial charge in [0.25, 0.3) is 0 Å². The molecule has 1 saturated carbocycles. The Balaban J connectivity index is 1.36. The van der Waals surface area contributed by atoms with Gasteiger partial charge in [0.1, 0.15) is 0 Å². The molecule has 0 bridgehead atoms. The van der Waals surface area contributed by atoms with E-state index in [0.717, 1.165) is 35.3 Å². The Kier molecular flexibility index (Phi) is 5.47. The second-order valence-electron chi connectivity index (χ2n) is 7.86. The molecule has 1 amide bonds. The number of nitrogens with zero attached hydrogens (tertiary/aromatic N) is 5. The molecule has 1 fully saturated rings. The Morgan fingerprint density at radius 1 is 1.12 bits per heavy atom. The molecule has 0 spiro atoms. The number of hydrogen-bond donors (Lipinski definition) is 3. The average molecular weight is 429 g/mol. The first kappa shape index (κ1) is 20.1. The quantitative estimate of drug-likeness (QED) is 0.394. The Bertz CT molecular complexity index is 1250. The van der Waals surface area contributed by atoms with Crippen molar-refractivity contribution in [1.82, 2.24) is 30.3 Å². The third kappa shape index (κ3) is 4.42. The van der Waals surface area contributed by atoms with Crippen LogP contribution in [0.5, 0.6) is 0 Å². The summed E-state index contributed by atoms with van der Waals surface area (Å²) in [5.74, 6) is 0.740. The number of aliphatic hydroxyl groups is 1. The Labute approximate surface area is 184 Å². The van der Waals surface area contributed by atoms with E-state index in [9.17, 15) is 4.79 Å². The minimum absolute atomic E-state index is 0.120. The maximum atomic E-state index is 11.9. The first-order valence-corrected chi connectivity index (χ1v) is 10.6. The summed E-state index contributed by atoms with van der Waals surface area (Å²) >= 11 is 0. The van der Waals surface area contributed by atoms with Crippen molar-refractivity contribution in [3.8, 4) is 5.69 Å². The summed E-state index contributed by atoms with van der Waals surface area (Å²) in [5, 5.41) is 23.7. The number of anilines is 2. The molecule has 0 saturated heterocycles. The lowest BCUT2D eigenvalue weighted by Gasteiger charge is -2.08. The standard InChI is InChI=1S/C23H23N7O2/c31-11-10-15-4-8-18(9-5-15)26-23-25-14-20-21(27-23)30(29-28-20)19-3-1-2-16(12-19)13-24-22(32)17-6-7-17/h1-5,8-9,12,14,17,31H,6-7,10-11,13H2,(H,24,32)(H,25,26,27). The lowest BCUT2D eigenvalue weighted by Crippen LogP contribution is -2.24. The van der Waals surface area contributed by atoms with Crippen molar-refractivity contribution in [3.05, 3.63) is 65.9 Å². The van der Waals surface area contributed by atoms with Crippen LogP contribution in [0.25, 0.3) is 16.9 Å². The third-order valence-corrected chi connectivity index (χ3v) is 5.37. The van der Waals surface area contributed by atoms with E-state index in [-0.39, 0.29) is 18.4 Å². The first-order valence-electron chi connectivity index (χ1n) is 10.6. The molecule has 1 aliphatic carbocycles. The van der Waals surface area contributed by atoms with E-state index < -0.39 is 0 Å². The van der Waals surface area contributed by atoms with Gasteiger partial charge in [-0.2, -0.15) is 9.67 Å². The van der Waals surface area contributed by atoms with Gasteiger partial charge in [0.15, 0.2) is 11.2 Å². The van der Waals surface area contributed by atoms with Gasteiger partial charge in [0.05, 0.1) is 11.9 Å². The Morgan fingerprint density at radius 3 is 2.75 bits per heavy atom. The second kappa shape index (κ2) is 8.72. The number of nitrogens with one attached hydrogen (secondary N) is 2. The van der Waals surface area contributed by atoms with Crippen LogP contribution < -0.4 is 10.6 Å². The normalized spacial score (nSPS) is 13.3. The first-order chi connectivity index (χ1) is 15.7. The van der Waals surface area contributed by atoms with Gasteiger partial charge >= 0.3 is 0 Å². The van der Waals surface area contributed by atoms with Gasteiger partial charge in [-0.05, 0) is 54.7 Å². The van der Waals surface area contributed by atoms with Gasteiger partial charge in [-0.25, -0.2) is 4.98 Å². The lowest BCUT2D eigenvalue weighted by molar-refractivity contribution is -0.122. The highest BCUT2D eigenvalue weighted by Gasteiger charge is 2.29. The number of carbonyl (C=O) groups is 1. The van der Waals surface area contributed by atoms with Crippen LogP contribution in [-0.2, 0) is 17.8 Å². The topological polar surface area (TPSA) is 118 Å². The van der Waals surface area contributed by atoms with Crippen LogP contribution in [0.4, 0.5) is 11.6 Å². The van der Waals surface area contributed by atoms with Crippen LogP contribution in [0, 0.1) is 5.92 Å². The number of fused-ring (bicyclic) bond motifs is 1. The van der Waals surface area contributed by atoms with Crippen molar-refractivity contribution in [2.45, 2.75) is 25.8 Å². The van der Waals surface area contributed by atoms with Gasteiger partial charge in [0.2, 0.25) is 11.9 Å². The van der Waals surface area contributed by atoms with Gasteiger partial charge in [-0.1, -0.05) is 29.5 Å². The monoisotopic (exact) mass is 429 g/mol. The molecule has 3 N–H and O–H groups in total. The molecule has 32 heavy (non-hydrogen) atoms. The van der Waals surface area contributed by atoms with Crippen molar-refractivity contribution in [3.63, 3.8) is 0 Å². The molecule has 4 aromatic rings. The summed E-state index contributed by atoms with van der Waals surface area (Å²) in [6, 6.07) is 15.5. The van der Waals surface area contributed by atoms with E-state index in [2.05, 4.69) is 30.9 Å². The van der Waals surface area contributed by atoms with Crippen molar-refractivity contribution >= 4 is 28.7 Å². The largest absolute Gasteiger partial charge is 0.396 e. The molecule has 0 unspecified atom stereocenters. The average Bonchev–Trinajstić information content (AvgIpc) is 3.59. The zero-order chi connectivity index (χ0) is 21.9. The molecule has 0 aliphatic heterocycles. The predicted molar refractivity (Wildman–Crippen MR) is 120 cm³/mol. The van der Waals surface area contributed by atoms with Gasteiger partial charge in [-0.3, -0.25) is 4.79 Å². The van der Waals surface area contributed by atoms with Crippen LogP contribution in [0.3, 0.4) is 0 Å². The van der Waals surface area contributed by atoms with Crippen molar-refractivity contribution < 1.29 is 9.90 Å². The number of aliphatic hydroxyl groups excluding tert-OH is 1. The molecule has 2 aromatic heterocycles. The highest BCUT2D eigenvalue weighted by Crippen LogP contribution is 2.28. The molecular weight excluding hydrogens is 406 g/mol. The molecule has 9 nitrogen and oxygen atoms in total. The van der Waals surface area contributed by atoms with Crippen molar-refractivity contribution in [2.24, 2.45) is 5.92 Å². The number of benzene rings is 2. The maximum absolute atomic E-state index is 11.9. The molecule has 5 rings (SSSR count). The summed E-state index contributed by atoms with van der Waals surface area (Å²) in [6.07, 6.45) is 4.23. The van der Waals surface area contributed by atoms with E-state index >= 15 is 0 Å². The Morgan fingerprint density at radius 2 is 1.97 bits per heavy atom. The number of rotatable bonds is 8. The zero-order valence-electron chi connectivity index (χ0n) is 17.4. The number of amides is 1. The summed E-state index contributed by atoms with van der Waals surface area (Å²) in [6.45, 7) is 0.599. The predicted octanol–water partition coefficient (Wildman–Crippen LogP) is 2.52. The molecule has 162 valence electrons. The van der Waals surface area contributed by atoms with Crippen LogP contribution in [0.15, 0.2) is 54.7 Å². The van der Waals surface area contributed by atoms with E-state index in [0.29, 0.717) is 30.1 Å². The van der Waals surface area contributed by atoms with Crippen molar-refractivity contribution in [1.29, 1.82) is 0 Å². The molecule has 2 heterocycles. The van der Waals surface area contributed by atoms with E-state index in [4.69, 9.17) is 5.11 Å². The fourth-order valence-corrected chi connectivity index (χ4v) is 3.45. The summed E-state index contributed by atoms with van der Waals surface area (Å²) < 4.78 is 1.67. The third-order valence-electron chi connectivity index (χ3n) is 5.37. The van der Waals surface area contributed by atoms with Gasteiger partial charge < -0.3 is 15.7 Å². The fraction of sp³-hybridized carbons (Fsp3) is 0.261.